The minimum Gasteiger partial charge on any atom is -0.320 e. The smallest absolute Gasteiger partial charge is 0.128 e. The molecule has 3 aromatic rings. The Balaban J connectivity index is 2.20. The van der Waals surface area contributed by atoms with Crippen LogP contribution < -0.4 is 5.73 Å². The van der Waals surface area contributed by atoms with Crippen LogP contribution in [0.1, 0.15) is 28.3 Å². The third-order valence-electron chi connectivity index (χ3n) is 3.81. The van der Waals surface area contributed by atoms with Gasteiger partial charge in [-0.2, -0.15) is 0 Å². The number of aryl methyl sites for hydroxylation is 2. The average Bonchev–Trinajstić information content (AvgIpc) is 2.45. The van der Waals surface area contributed by atoms with Gasteiger partial charge in [0.25, 0.3) is 0 Å². The molecule has 1 aromatic heterocycles. The molecule has 1 atom stereocenters. The Labute approximate surface area is 123 Å². The average molecular weight is 280 g/mol. The second-order valence-corrected chi connectivity index (χ2v) is 5.37. The molecule has 0 aliphatic carbocycles. The van der Waals surface area contributed by atoms with Crippen molar-refractivity contribution in [1.29, 1.82) is 0 Å². The monoisotopic (exact) mass is 280 g/mol. The summed E-state index contributed by atoms with van der Waals surface area (Å²) in [4.78, 5) is 4.33. The maximum absolute atomic E-state index is 14.4. The van der Waals surface area contributed by atoms with E-state index in [1.54, 1.807) is 6.20 Å². The van der Waals surface area contributed by atoms with Gasteiger partial charge in [0.2, 0.25) is 0 Å². The minimum absolute atomic E-state index is 0.249. The second kappa shape index (κ2) is 5.26. The van der Waals surface area contributed by atoms with E-state index in [0.717, 1.165) is 27.6 Å². The zero-order chi connectivity index (χ0) is 15.0. The lowest BCUT2D eigenvalue weighted by atomic mass is 9.92. The highest BCUT2D eigenvalue weighted by molar-refractivity contribution is 5.83. The molecule has 0 aliphatic rings. The summed E-state index contributed by atoms with van der Waals surface area (Å²) in [6.07, 6.45) is 1.75. The van der Waals surface area contributed by atoms with Gasteiger partial charge in [-0.15, -0.1) is 0 Å². The summed E-state index contributed by atoms with van der Waals surface area (Å²) in [5, 5.41) is 0.965. The number of nitrogens with two attached hydrogens (primary N) is 1. The molecular weight excluding hydrogens is 263 g/mol. The van der Waals surface area contributed by atoms with Crippen LogP contribution in [0, 0.1) is 19.7 Å². The fourth-order valence-electron chi connectivity index (χ4n) is 2.87. The summed E-state index contributed by atoms with van der Waals surface area (Å²) in [6.45, 7) is 3.78. The minimum atomic E-state index is -0.501. The third-order valence-corrected chi connectivity index (χ3v) is 3.81. The third kappa shape index (κ3) is 2.41. The summed E-state index contributed by atoms with van der Waals surface area (Å²) >= 11 is 0. The van der Waals surface area contributed by atoms with E-state index in [4.69, 9.17) is 5.73 Å². The molecule has 2 nitrogen and oxygen atoms in total. The van der Waals surface area contributed by atoms with E-state index >= 15 is 0 Å². The van der Waals surface area contributed by atoms with E-state index in [-0.39, 0.29) is 5.82 Å². The second-order valence-electron chi connectivity index (χ2n) is 5.37. The van der Waals surface area contributed by atoms with Crippen LogP contribution in [-0.4, -0.2) is 4.98 Å². The normalized spacial score (nSPS) is 12.6. The van der Waals surface area contributed by atoms with Crippen molar-refractivity contribution in [3.63, 3.8) is 0 Å². The molecule has 0 radical (unpaired) electrons. The molecule has 1 unspecified atom stereocenters. The first-order valence-corrected chi connectivity index (χ1v) is 6.94. The van der Waals surface area contributed by atoms with Gasteiger partial charge in [-0.25, -0.2) is 4.39 Å². The largest absolute Gasteiger partial charge is 0.320 e. The van der Waals surface area contributed by atoms with Crippen LogP contribution in [0.3, 0.4) is 0 Å². The molecule has 0 spiro atoms. The maximum Gasteiger partial charge on any atom is 0.128 e. The Morgan fingerprint density at radius 1 is 1.10 bits per heavy atom. The number of pyridine rings is 1. The molecule has 106 valence electrons. The molecule has 0 amide bonds. The number of fused-ring (bicyclic) bond motifs is 1. The van der Waals surface area contributed by atoms with E-state index in [0.29, 0.717) is 5.56 Å². The number of rotatable bonds is 2. The van der Waals surface area contributed by atoms with Crippen molar-refractivity contribution >= 4 is 10.9 Å². The van der Waals surface area contributed by atoms with Gasteiger partial charge < -0.3 is 5.73 Å². The van der Waals surface area contributed by atoms with Crippen LogP contribution in [0.5, 0.6) is 0 Å². The summed E-state index contributed by atoms with van der Waals surface area (Å²) in [6, 6.07) is 12.6. The fourth-order valence-corrected chi connectivity index (χ4v) is 2.87. The van der Waals surface area contributed by atoms with E-state index in [1.807, 2.05) is 50.2 Å². The number of halogens is 1. The van der Waals surface area contributed by atoms with Crippen molar-refractivity contribution in [2.45, 2.75) is 19.9 Å². The zero-order valence-electron chi connectivity index (χ0n) is 12.1. The van der Waals surface area contributed by atoms with Gasteiger partial charge in [0.05, 0.1) is 11.6 Å². The SMILES string of the molecule is Cc1cc(C)c(C(N)c2cccc3ncccc23)c(F)c1. The molecule has 2 N–H and O–H groups in total. The Morgan fingerprint density at radius 2 is 1.90 bits per heavy atom. The van der Waals surface area contributed by atoms with Gasteiger partial charge >= 0.3 is 0 Å². The van der Waals surface area contributed by atoms with Crippen molar-refractivity contribution in [2.24, 2.45) is 5.73 Å². The van der Waals surface area contributed by atoms with Crippen molar-refractivity contribution < 1.29 is 4.39 Å². The van der Waals surface area contributed by atoms with Crippen molar-refractivity contribution in [2.75, 3.05) is 0 Å². The first-order chi connectivity index (χ1) is 10.1. The summed E-state index contributed by atoms with van der Waals surface area (Å²) in [5.41, 5.74) is 10.5. The molecule has 0 aliphatic heterocycles. The highest BCUT2D eigenvalue weighted by Crippen LogP contribution is 2.30. The lowest BCUT2D eigenvalue weighted by Crippen LogP contribution is -2.16. The van der Waals surface area contributed by atoms with Crippen LogP contribution in [-0.2, 0) is 0 Å². The summed E-state index contributed by atoms with van der Waals surface area (Å²) in [7, 11) is 0. The molecule has 2 aromatic carbocycles. The van der Waals surface area contributed by atoms with Gasteiger partial charge in [0, 0.05) is 17.1 Å². The van der Waals surface area contributed by atoms with Gasteiger partial charge in [-0.1, -0.05) is 24.3 Å². The molecule has 0 saturated carbocycles. The molecule has 0 saturated heterocycles. The number of aromatic nitrogens is 1. The Hall–Kier alpha value is -2.26. The zero-order valence-corrected chi connectivity index (χ0v) is 12.1. The highest BCUT2D eigenvalue weighted by atomic mass is 19.1. The van der Waals surface area contributed by atoms with Crippen LogP contribution in [0.15, 0.2) is 48.7 Å². The Morgan fingerprint density at radius 3 is 2.67 bits per heavy atom. The lowest BCUT2D eigenvalue weighted by Gasteiger charge is -2.18. The molecule has 3 rings (SSSR count). The number of nitrogens with zero attached hydrogens (tertiary/aromatic N) is 1. The summed E-state index contributed by atoms with van der Waals surface area (Å²) < 4.78 is 14.4. The van der Waals surface area contributed by atoms with Crippen LogP contribution in [0.4, 0.5) is 4.39 Å². The van der Waals surface area contributed by atoms with Crippen molar-refractivity contribution in [3.05, 3.63) is 76.7 Å². The first-order valence-electron chi connectivity index (χ1n) is 6.94. The van der Waals surface area contributed by atoms with E-state index in [9.17, 15) is 4.39 Å². The molecule has 0 bridgehead atoms. The molecule has 3 heteroatoms. The van der Waals surface area contributed by atoms with E-state index in [2.05, 4.69) is 4.98 Å². The lowest BCUT2D eigenvalue weighted by molar-refractivity contribution is 0.596. The van der Waals surface area contributed by atoms with Gasteiger partial charge in [0.1, 0.15) is 5.82 Å². The first kappa shape index (κ1) is 13.7. The molecule has 0 fully saturated rings. The predicted molar refractivity (Wildman–Crippen MR) is 83.6 cm³/mol. The van der Waals surface area contributed by atoms with Gasteiger partial charge in [0.15, 0.2) is 0 Å². The van der Waals surface area contributed by atoms with Crippen molar-refractivity contribution in [1.82, 2.24) is 4.98 Å². The van der Waals surface area contributed by atoms with Gasteiger partial charge in [-0.05, 0) is 48.7 Å². The van der Waals surface area contributed by atoms with Crippen LogP contribution >= 0.6 is 0 Å². The quantitative estimate of drug-likeness (QED) is 0.769. The van der Waals surface area contributed by atoms with Crippen LogP contribution in [0.25, 0.3) is 10.9 Å². The Kier molecular flexibility index (Phi) is 3.43. The topological polar surface area (TPSA) is 38.9 Å². The Bertz CT molecular complexity index is 783. The van der Waals surface area contributed by atoms with Crippen LogP contribution in [0.2, 0.25) is 0 Å². The number of benzene rings is 2. The molecule has 1 heterocycles. The summed E-state index contributed by atoms with van der Waals surface area (Å²) in [5.74, 6) is -0.249. The fraction of sp³-hybridized carbons (Fsp3) is 0.167. The van der Waals surface area contributed by atoms with Crippen molar-refractivity contribution in [3.8, 4) is 0 Å². The van der Waals surface area contributed by atoms with E-state index < -0.39 is 6.04 Å². The van der Waals surface area contributed by atoms with Gasteiger partial charge in [-0.3, -0.25) is 4.98 Å². The maximum atomic E-state index is 14.4. The number of hydrogen-bond donors (Lipinski definition) is 1. The number of hydrogen-bond acceptors (Lipinski definition) is 2. The standard InChI is InChI=1S/C18H17FN2/c1-11-9-12(2)17(15(19)10-11)18(20)14-5-3-7-16-13(14)6-4-8-21-16/h3-10,18H,20H2,1-2H3. The molecule has 21 heavy (non-hydrogen) atoms. The molecular formula is C18H17FN2. The van der Waals surface area contributed by atoms with E-state index in [1.165, 1.54) is 6.07 Å². The highest BCUT2D eigenvalue weighted by Gasteiger charge is 2.18. The predicted octanol–water partition coefficient (Wildman–Crippen LogP) is 4.04.